The first-order valence-corrected chi connectivity index (χ1v) is 9.49. The molecule has 4 aromatic rings. The van der Waals surface area contributed by atoms with Crippen LogP contribution >= 0.6 is 0 Å². The fourth-order valence-electron chi connectivity index (χ4n) is 3.11. The van der Waals surface area contributed by atoms with Gasteiger partial charge >= 0.3 is 0 Å². The number of H-pyrrole nitrogens is 1. The SMILES string of the molecule is N#Cc1c(-c2ccccc2)nc(NN=Cc2cccc(-c3ccc(F)cc3F)c2)[nH]c1=O. The van der Waals surface area contributed by atoms with Gasteiger partial charge in [0.15, 0.2) is 0 Å². The van der Waals surface area contributed by atoms with E-state index in [2.05, 4.69) is 20.5 Å². The van der Waals surface area contributed by atoms with Gasteiger partial charge in [0.1, 0.15) is 23.3 Å². The van der Waals surface area contributed by atoms with Gasteiger partial charge in [-0.1, -0.05) is 48.5 Å². The smallest absolute Gasteiger partial charge is 0.270 e. The quantitative estimate of drug-likeness (QED) is 0.357. The number of nitriles is 1. The predicted molar refractivity (Wildman–Crippen MR) is 118 cm³/mol. The highest BCUT2D eigenvalue weighted by molar-refractivity contribution is 5.83. The van der Waals surface area contributed by atoms with Gasteiger partial charge in [0.05, 0.1) is 11.9 Å². The molecular formula is C24H15F2N5O. The van der Waals surface area contributed by atoms with Crippen molar-refractivity contribution < 1.29 is 8.78 Å². The van der Waals surface area contributed by atoms with E-state index in [1.165, 1.54) is 18.3 Å². The number of rotatable bonds is 5. The van der Waals surface area contributed by atoms with Crippen molar-refractivity contribution >= 4 is 12.2 Å². The zero-order valence-corrected chi connectivity index (χ0v) is 16.5. The molecule has 0 radical (unpaired) electrons. The molecule has 1 heterocycles. The summed E-state index contributed by atoms with van der Waals surface area (Å²) in [6.45, 7) is 0. The molecule has 2 N–H and O–H groups in total. The summed E-state index contributed by atoms with van der Waals surface area (Å²) in [5.41, 5.74) is 4.28. The van der Waals surface area contributed by atoms with E-state index in [1.54, 1.807) is 48.5 Å². The molecule has 1 aromatic heterocycles. The number of hydrazone groups is 1. The molecule has 0 saturated heterocycles. The van der Waals surface area contributed by atoms with Crippen molar-refractivity contribution in [2.24, 2.45) is 5.10 Å². The van der Waals surface area contributed by atoms with Gasteiger partial charge < -0.3 is 0 Å². The Kier molecular flexibility index (Phi) is 5.81. The highest BCUT2D eigenvalue weighted by atomic mass is 19.1. The summed E-state index contributed by atoms with van der Waals surface area (Å²) >= 11 is 0. The fraction of sp³-hybridized carbons (Fsp3) is 0. The van der Waals surface area contributed by atoms with E-state index in [9.17, 15) is 18.8 Å². The van der Waals surface area contributed by atoms with E-state index < -0.39 is 17.2 Å². The van der Waals surface area contributed by atoms with Crippen LogP contribution in [0.4, 0.5) is 14.7 Å². The first-order valence-electron chi connectivity index (χ1n) is 9.49. The molecule has 6 nitrogen and oxygen atoms in total. The summed E-state index contributed by atoms with van der Waals surface area (Å²) in [5.74, 6) is -1.25. The molecular weight excluding hydrogens is 412 g/mol. The Morgan fingerprint density at radius 3 is 2.53 bits per heavy atom. The van der Waals surface area contributed by atoms with Crippen LogP contribution in [0.5, 0.6) is 0 Å². The van der Waals surface area contributed by atoms with Crippen LogP contribution in [0.1, 0.15) is 11.1 Å². The maximum atomic E-state index is 14.1. The van der Waals surface area contributed by atoms with Crippen LogP contribution in [0.2, 0.25) is 0 Å². The Hall–Kier alpha value is -4.64. The number of nitrogens with one attached hydrogen (secondary N) is 2. The average molecular weight is 427 g/mol. The van der Waals surface area contributed by atoms with Crippen LogP contribution in [-0.2, 0) is 0 Å². The Morgan fingerprint density at radius 1 is 1.00 bits per heavy atom. The summed E-state index contributed by atoms with van der Waals surface area (Å²) < 4.78 is 27.2. The largest absolute Gasteiger partial charge is 0.290 e. The first kappa shape index (κ1) is 20.6. The summed E-state index contributed by atoms with van der Waals surface area (Å²) in [4.78, 5) is 19.1. The minimum atomic E-state index is -0.662. The molecule has 0 saturated carbocycles. The molecule has 0 aliphatic carbocycles. The number of nitrogens with zero attached hydrogens (tertiary/aromatic N) is 3. The van der Waals surface area contributed by atoms with Crippen molar-refractivity contribution in [1.29, 1.82) is 5.26 Å². The second-order valence-corrected chi connectivity index (χ2v) is 6.74. The van der Waals surface area contributed by atoms with Crippen LogP contribution in [0, 0.1) is 23.0 Å². The molecule has 0 atom stereocenters. The molecule has 0 fully saturated rings. The van der Waals surface area contributed by atoms with Crippen LogP contribution in [0.15, 0.2) is 82.7 Å². The molecule has 0 spiro atoms. The summed E-state index contributed by atoms with van der Waals surface area (Å²) in [7, 11) is 0. The average Bonchev–Trinajstić information content (AvgIpc) is 2.79. The number of anilines is 1. The van der Waals surface area contributed by atoms with Crippen LogP contribution in [0.25, 0.3) is 22.4 Å². The lowest BCUT2D eigenvalue weighted by molar-refractivity contribution is 0.585. The molecule has 0 amide bonds. The Balaban J connectivity index is 1.59. The van der Waals surface area contributed by atoms with Crippen LogP contribution in [-0.4, -0.2) is 16.2 Å². The minimum Gasteiger partial charge on any atom is -0.290 e. The number of aromatic nitrogens is 2. The summed E-state index contributed by atoms with van der Waals surface area (Å²) in [6.07, 6.45) is 1.46. The maximum Gasteiger partial charge on any atom is 0.270 e. The molecule has 0 bridgehead atoms. The molecule has 0 unspecified atom stereocenters. The molecule has 3 aromatic carbocycles. The highest BCUT2D eigenvalue weighted by Crippen LogP contribution is 2.24. The van der Waals surface area contributed by atoms with Crippen molar-refractivity contribution in [3.8, 4) is 28.5 Å². The third-order valence-corrected chi connectivity index (χ3v) is 4.59. The van der Waals surface area contributed by atoms with E-state index in [1.807, 2.05) is 12.1 Å². The van der Waals surface area contributed by atoms with Crippen LogP contribution in [0.3, 0.4) is 0 Å². The normalized spacial score (nSPS) is 10.8. The third kappa shape index (κ3) is 4.42. The van der Waals surface area contributed by atoms with E-state index in [-0.39, 0.29) is 22.8 Å². The van der Waals surface area contributed by atoms with Gasteiger partial charge in [-0.05, 0) is 29.3 Å². The number of benzene rings is 3. The van der Waals surface area contributed by atoms with Crippen LogP contribution < -0.4 is 11.0 Å². The van der Waals surface area contributed by atoms with E-state index >= 15 is 0 Å². The standard InChI is InChI=1S/C24H15F2N5O/c25-18-9-10-19(21(26)12-18)17-8-4-5-15(11-17)14-28-31-24-29-22(16-6-2-1-3-7-16)20(13-27)23(32)30-24/h1-12,14H,(H2,29,30,31,32). The van der Waals surface area contributed by atoms with Gasteiger partial charge in [-0.15, -0.1) is 0 Å². The van der Waals surface area contributed by atoms with Gasteiger partial charge in [-0.2, -0.15) is 10.4 Å². The third-order valence-electron chi connectivity index (χ3n) is 4.59. The Morgan fingerprint density at radius 2 is 1.78 bits per heavy atom. The summed E-state index contributed by atoms with van der Waals surface area (Å²) in [6, 6.07) is 21.0. The topological polar surface area (TPSA) is 93.9 Å². The number of hydrogen-bond donors (Lipinski definition) is 2. The van der Waals surface area contributed by atoms with Crippen molar-refractivity contribution in [2.75, 3.05) is 5.43 Å². The van der Waals surface area contributed by atoms with Gasteiger partial charge in [0.2, 0.25) is 5.95 Å². The highest BCUT2D eigenvalue weighted by Gasteiger charge is 2.13. The molecule has 4 rings (SSSR count). The summed E-state index contributed by atoms with van der Waals surface area (Å²) in [5, 5.41) is 13.4. The monoisotopic (exact) mass is 427 g/mol. The van der Waals surface area contributed by atoms with Crippen molar-refractivity contribution in [2.45, 2.75) is 0 Å². The number of aromatic amines is 1. The van der Waals surface area contributed by atoms with Gasteiger partial charge in [-0.3, -0.25) is 9.78 Å². The maximum absolute atomic E-state index is 14.1. The first-order chi connectivity index (χ1) is 15.5. The van der Waals surface area contributed by atoms with E-state index in [4.69, 9.17) is 0 Å². The number of hydrogen-bond acceptors (Lipinski definition) is 5. The van der Waals surface area contributed by atoms with Gasteiger partial charge in [0, 0.05) is 17.2 Å². The predicted octanol–water partition coefficient (Wildman–Crippen LogP) is 4.70. The van der Waals surface area contributed by atoms with E-state index in [0.717, 1.165) is 6.07 Å². The zero-order chi connectivity index (χ0) is 22.5. The fourth-order valence-corrected chi connectivity index (χ4v) is 3.11. The second-order valence-electron chi connectivity index (χ2n) is 6.74. The van der Waals surface area contributed by atoms with E-state index in [0.29, 0.717) is 16.7 Å². The number of halogens is 2. The van der Waals surface area contributed by atoms with Crippen molar-refractivity contribution in [3.05, 3.63) is 106 Å². The molecule has 0 aliphatic rings. The molecule has 32 heavy (non-hydrogen) atoms. The molecule has 8 heteroatoms. The lowest BCUT2D eigenvalue weighted by Gasteiger charge is -2.06. The van der Waals surface area contributed by atoms with Crippen molar-refractivity contribution in [1.82, 2.24) is 9.97 Å². The Labute approximate surface area is 181 Å². The molecule has 0 aliphatic heterocycles. The molecule has 156 valence electrons. The Bertz CT molecular complexity index is 1410. The zero-order valence-electron chi connectivity index (χ0n) is 16.5. The van der Waals surface area contributed by atoms with Gasteiger partial charge in [0.25, 0.3) is 5.56 Å². The van der Waals surface area contributed by atoms with Gasteiger partial charge in [-0.25, -0.2) is 19.2 Å². The lowest BCUT2D eigenvalue weighted by Crippen LogP contribution is -2.16. The second kappa shape index (κ2) is 9.02. The minimum absolute atomic E-state index is 0.0600. The lowest BCUT2D eigenvalue weighted by atomic mass is 10.0. The van der Waals surface area contributed by atoms with Crippen molar-refractivity contribution in [3.63, 3.8) is 0 Å².